The summed E-state index contributed by atoms with van der Waals surface area (Å²) in [7, 11) is -1.63. The van der Waals surface area contributed by atoms with Gasteiger partial charge in [0.15, 0.2) is 0 Å². The van der Waals surface area contributed by atoms with E-state index in [1.165, 1.54) is 0 Å². The molecule has 1 aromatic rings. The van der Waals surface area contributed by atoms with Gasteiger partial charge in [-0.15, -0.1) is 0 Å². The first kappa shape index (κ1) is 16.6. The number of rotatable bonds is 5. The Kier molecular flexibility index (Phi) is 5.22. The van der Waals surface area contributed by atoms with Crippen molar-refractivity contribution in [3.05, 3.63) is 23.3 Å². The summed E-state index contributed by atoms with van der Waals surface area (Å²) in [5, 5.41) is 3.44. The van der Waals surface area contributed by atoms with Crippen LogP contribution in [0.3, 0.4) is 0 Å². The van der Waals surface area contributed by atoms with E-state index < -0.39 is 10.0 Å². The van der Waals surface area contributed by atoms with Crippen LogP contribution in [-0.4, -0.2) is 33.0 Å². The van der Waals surface area contributed by atoms with Crippen LogP contribution in [0.25, 0.3) is 0 Å². The van der Waals surface area contributed by atoms with Crippen molar-refractivity contribution in [1.82, 2.24) is 4.72 Å². The van der Waals surface area contributed by atoms with Crippen molar-refractivity contribution < 1.29 is 8.42 Å². The molecule has 4 nitrogen and oxygen atoms in total. The molecule has 6 heteroatoms. The molecule has 0 heterocycles. The summed E-state index contributed by atoms with van der Waals surface area (Å²) in [5.41, 5.74) is 2.50. The van der Waals surface area contributed by atoms with Crippen LogP contribution in [0.15, 0.2) is 17.0 Å². The standard InChI is InChI=1S/C15H24N2O2S2/c1-10-8-12(16-3)9-11(2)15(10)21(18,19)17-13-6-5-7-14(13)20-4/h8-9,13-14,16-17H,5-7H2,1-4H3. The van der Waals surface area contributed by atoms with Crippen LogP contribution in [0, 0.1) is 13.8 Å². The lowest BCUT2D eigenvalue weighted by atomic mass is 10.1. The molecule has 1 saturated carbocycles. The van der Waals surface area contributed by atoms with E-state index >= 15 is 0 Å². The van der Waals surface area contributed by atoms with Gasteiger partial charge in [-0.2, -0.15) is 11.8 Å². The maximum Gasteiger partial charge on any atom is 0.241 e. The van der Waals surface area contributed by atoms with Gasteiger partial charge in [0, 0.05) is 24.0 Å². The van der Waals surface area contributed by atoms with Crippen LogP contribution in [0.1, 0.15) is 30.4 Å². The molecule has 0 spiro atoms. The number of nitrogens with one attached hydrogen (secondary N) is 2. The molecule has 0 saturated heterocycles. The zero-order valence-electron chi connectivity index (χ0n) is 13.1. The third-order valence-electron chi connectivity index (χ3n) is 4.08. The molecule has 0 amide bonds. The van der Waals surface area contributed by atoms with Crippen LogP contribution in [0.4, 0.5) is 5.69 Å². The second-order valence-electron chi connectivity index (χ2n) is 5.62. The quantitative estimate of drug-likeness (QED) is 0.872. The molecule has 0 aromatic heterocycles. The molecule has 118 valence electrons. The molecule has 1 aliphatic rings. The Morgan fingerprint density at radius 2 is 1.81 bits per heavy atom. The molecule has 2 N–H and O–H groups in total. The number of hydrogen-bond acceptors (Lipinski definition) is 4. The minimum Gasteiger partial charge on any atom is -0.388 e. The predicted molar refractivity (Wildman–Crippen MR) is 90.7 cm³/mol. The van der Waals surface area contributed by atoms with Gasteiger partial charge in [-0.3, -0.25) is 0 Å². The third kappa shape index (κ3) is 3.55. The minimum absolute atomic E-state index is 0.0489. The largest absolute Gasteiger partial charge is 0.388 e. The monoisotopic (exact) mass is 328 g/mol. The van der Waals surface area contributed by atoms with E-state index in [1.807, 2.05) is 33.0 Å². The second-order valence-corrected chi connectivity index (χ2v) is 8.35. The molecule has 0 bridgehead atoms. The fraction of sp³-hybridized carbons (Fsp3) is 0.600. The Morgan fingerprint density at radius 3 is 2.33 bits per heavy atom. The summed E-state index contributed by atoms with van der Waals surface area (Å²) in [5.74, 6) is 0. The van der Waals surface area contributed by atoms with Crippen molar-refractivity contribution in [1.29, 1.82) is 0 Å². The van der Waals surface area contributed by atoms with Crippen molar-refractivity contribution in [2.24, 2.45) is 0 Å². The highest BCUT2D eigenvalue weighted by atomic mass is 32.2. The van der Waals surface area contributed by atoms with Crippen molar-refractivity contribution >= 4 is 27.5 Å². The van der Waals surface area contributed by atoms with Gasteiger partial charge in [0.1, 0.15) is 0 Å². The summed E-state index contributed by atoms with van der Waals surface area (Å²) in [6.07, 6.45) is 5.16. The van der Waals surface area contributed by atoms with Gasteiger partial charge in [0.2, 0.25) is 10.0 Å². The van der Waals surface area contributed by atoms with Gasteiger partial charge in [0.05, 0.1) is 4.90 Å². The lowest BCUT2D eigenvalue weighted by Crippen LogP contribution is -2.39. The molecular formula is C15H24N2O2S2. The van der Waals surface area contributed by atoms with Crippen LogP contribution in [0.5, 0.6) is 0 Å². The summed E-state index contributed by atoms with van der Waals surface area (Å²) >= 11 is 1.75. The van der Waals surface area contributed by atoms with E-state index in [0.29, 0.717) is 10.1 Å². The zero-order valence-corrected chi connectivity index (χ0v) is 14.7. The predicted octanol–water partition coefficient (Wildman–Crippen LogP) is 2.91. The highest BCUT2D eigenvalue weighted by Gasteiger charge is 2.31. The number of hydrogen-bond donors (Lipinski definition) is 2. The van der Waals surface area contributed by atoms with E-state index in [0.717, 1.165) is 36.1 Å². The first-order chi connectivity index (χ1) is 9.89. The number of thioether (sulfide) groups is 1. The Hall–Kier alpha value is -0.720. The summed E-state index contributed by atoms with van der Waals surface area (Å²) in [4.78, 5) is 0.424. The molecule has 21 heavy (non-hydrogen) atoms. The lowest BCUT2D eigenvalue weighted by molar-refractivity contribution is 0.554. The molecule has 1 aliphatic carbocycles. The summed E-state index contributed by atoms with van der Waals surface area (Å²) < 4.78 is 28.4. The second kappa shape index (κ2) is 6.58. The average molecular weight is 329 g/mol. The SMILES string of the molecule is CNc1cc(C)c(S(=O)(=O)NC2CCCC2SC)c(C)c1. The summed E-state index contributed by atoms with van der Waals surface area (Å²) in [6.45, 7) is 3.70. The number of sulfonamides is 1. The fourth-order valence-corrected chi connectivity index (χ4v) is 5.90. The normalized spacial score (nSPS) is 22.5. The van der Waals surface area contributed by atoms with Gasteiger partial charge in [-0.1, -0.05) is 6.42 Å². The first-order valence-corrected chi connectivity index (χ1v) is 10.00. The maximum absolute atomic E-state index is 12.8. The Bertz CT molecular complexity index is 591. The van der Waals surface area contributed by atoms with Crippen LogP contribution in [0.2, 0.25) is 0 Å². The Balaban J connectivity index is 2.32. The molecule has 1 aromatic carbocycles. The Morgan fingerprint density at radius 1 is 1.19 bits per heavy atom. The molecule has 0 aliphatic heterocycles. The van der Waals surface area contributed by atoms with E-state index in [-0.39, 0.29) is 6.04 Å². The Labute approximate surface area is 132 Å². The van der Waals surface area contributed by atoms with E-state index in [4.69, 9.17) is 0 Å². The highest BCUT2D eigenvalue weighted by Crippen LogP contribution is 2.31. The number of aryl methyl sites for hydroxylation is 2. The zero-order chi connectivity index (χ0) is 15.6. The topological polar surface area (TPSA) is 58.2 Å². The number of anilines is 1. The molecular weight excluding hydrogens is 304 g/mol. The molecule has 0 radical (unpaired) electrons. The van der Waals surface area contributed by atoms with Gasteiger partial charge < -0.3 is 5.32 Å². The minimum atomic E-state index is -3.46. The van der Waals surface area contributed by atoms with E-state index in [2.05, 4.69) is 16.3 Å². The molecule has 2 rings (SSSR count). The number of benzene rings is 1. The van der Waals surface area contributed by atoms with Gasteiger partial charge in [-0.25, -0.2) is 13.1 Å². The highest BCUT2D eigenvalue weighted by molar-refractivity contribution is 7.99. The third-order valence-corrected chi connectivity index (χ3v) is 7.04. The smallest absolute Gasteiger partial charge is 0.241 e. The lowest BCUT2D eigenvalue weighted by Gasteiger charge is -2.21. The van der Waals surface area contributed by atoms with Crippen molar-refractivity contribution in [3.63, 3.8) is 0 Å². The maximum atomic E-state index is 12.8. The van der Waals surface area contributed by atoms with Crippen LogP contribution in [-0.2, 0) is 10.0 Å². The van der Waals surface area contributed by atoms with Crippen molar-refractivity contribution in [2.75, 3.05) is 18.6 Å². The van der Waals surface area contributed by atoms with Crippen molar-refractivity contribution in [2.45, 2.75) is 49.3 Å². The van der Waals surface area contributed by atoms with E-state index in [1.54, 1.807) is 11.8 Å². The molecule has 2 unspecified atom stereocenters. The summed E-state index contributed by atoms with van der Waals surface area (Å²) in [6, 6.07) is 3.80. The van der Waals surface area contributed by atoms with Crippen LogP contribution < -0.4 is 10.0 Å². The van der Waals surface area contributed by atoms with Crippen molar-refractivity contribution in [3.8, 4) is 0 Å². The first-order valence-electron chi connectivity index (χ1n) is 7.23. The van der Waals surface area contributed by atoms with Crippen LogP contribution >= 0.6 is 11.8 Å². The molecule has 1 fully saturated rings. The van der Waals surface area contributed by atoms with Gasteiger partial charge in [0.25, 0.3) is 0 Å². The molecule has 2 atom stereocenters. The van der Waals surface area contributed by atoms with E-state index in [9.17, 15) is 8.42 Å². The average Bonchev–Trinajstić information content (AvgIpc) is 2.83. The van der Waals surface area contributed by atoms with Gasteiger partial charge in [-0.05, 0) is 56.2 Å². The fourth-order valence-electron chi connectivity index (χ4n) is 3.12. The van der Waals surface area contributed by atoms with Gasteiger partial charge >= 0.3 is 0 Å².